The van der Waals surface area contributed by atoms with Crippen LogP contribution in [-0.4, -0.2) is 61.4 Å². The van der Waals surface area contributed by atoms with Crippen molar-refractivity contribution < 1.29 is 22.7 Å². The molecule has 23 heavy (non-hydrogen) atoms. The Hall–Kier alpha value is -1.51. The number of carbonyl (C=O) groups is 1. The van der Waals surface area contributed by atoms with E-state index in [1.807, 2.05) is 7.05 Å². The molecule has 2 heterocycles. The molecule has 2 aliphatic rings. The second-order valence-corrected chi connectivity index (χ2v) is 8.18. The number of sulfonamides is 1. The Morgan fingerprint density at radius 2 is 2.04 bits per heavy atom. The molecule has 2 saturated heterocycles. The van der Waals surface area contributed by atoms with Gasteiger partial charge in [0, 0.05) is 25.7 Å². The average Bonchev–Trinajstić information content (AvgIpc) is 2.86. The van der Waals surface area contributed by atoms with Crippen molar-refractivity contribution in [2.24, 2.45) is 5.92 Å². The van der Waals surface area contributed by atoms with E-state index in [2.05, 4.69) is 4.90 Å². The van der Waals surface area contributed by atoms with Crippen molar-refractivity contribution in [1.29, 1.82) is 0 Å². The molecular weight excluding hydrogens is 323 g/mol. The fourth-order valence-electron chi connectivity index (χ4n) is 3.62. The van der Waals surface area contributed by atoms with E-state index in [1.165, 1.54) is 4.31 Å². The monoisotopic (exact) mass is 342 g/mol. The highest BCUT2D eigenvalue weighted by molar-refractivity contribution is 7.89. The molecule has 2 fully saturated rings. The van der Waals surface area contributed by atoms with Crippen LogP contribution in [0.2, 0.25) is 0 Å². The first-order valence-electron chi connectivity index (χ1n) is 7.53. The first kappa shape index (κ1) is 16.4. The van der Waals surface area contributed by atoms with Crippen molar-refractivity contribution >= 4 is 16.0 Å². The summed E-state index contributed by atoms with van der Waals surface area (Å²) in [5.74, 6) is -1.94. The van der Waals surface area contributed by atoms with Crippen molar-refractivity contribution in [2.45, 2.75) is 23.8 Å². The predicted octanol–water partition coefficient (Wildman–Crippen LogP) is 1.24. The summed E-state index contributed by atoms with van der Waals surface area (Å²) in [4.78, 5) is 12.9. The molecule has 0 amide bonds. The van der Waals surface area contributed by atoms with E-state index < -0.39 is 21.8 Å². The van der Waals surface area contributed by atoms with Crippen molar-refractivity contribution in [1.82, 2.24) is 9.21 Å². The fraction of sp³-hybridized carbons (Fsp3) is 0.533. The molecule has 0 saturated carbocycles. The number of likely N-dealkylation sites (tertiary alicyclic amines) is 1. The zero-order chi connectivity index (χ0) is 16.8. The van der Waals surface area contributed by atoms with Gasteiger partial charge in [-0.3, -0.25) is 0 Å². The van der Waals surface area contributed by atoms with Gasteiger partial charge in [-0.25, -0.2) is 17.6 Å². The number of halogens is 1. The predicted molar refractivity (Wildman–Crippen MR) is 81.3 cm³/mol. The Labute approximate surface area is 134 Å². The highest BCUT2D eigenvalue weighted by atomic mass is 32.2. The van der Waals surface area contributed by atoms with Gasteiger partial charge in [0.25, 0.3) is 0 Å². The molecule has 1 aromatic rings. The highest BCUT2D eigenvalue weighted by Gasteiger charge is 2.43. The number of nitrogens with zero attached hydrogens (tertiary/aromatic N) is 2. The number of aromatic carboxylic acids is 1. The van der Waals surface area contributed by atoms with Crippen molar-refractivity contribution in [2.75, 3.05) is 26.7 Å². The standard InChI is InChI=1S/C15H19FN2O4S/c1-17-8-10-3-2-4-18(14(10)9-17)23(21,22)13-6-11(15(19)20)5-12(16)7-13/h5-7,10,14H,2-4,8-9H2,1H3,(H,19,20)/t10-,14+/m0/s1. The normalized spacial score (nSPS) is 26.2. The maximum Gasteiger partial charge on any atom is 0.335 e. The lowest BCUT2D eigenvalue weighted by molar-refractivity contribution is 0.0696. The maximum atomic E-state index is 13.7. The van der Waals surface area contributed by atoms with Crippen LogP contribution < -0.4 is 0 Å². The maximum absolute atomic E-state index is 13.7. The van der Waals surface area contributed by atoms with Crippen molar-refractivity contribution in [3.63, 3.8) is 0 Å². The van der Waals surface area contributed by atoms with Crippen LogP contribution in [0.25, 0.3) is 0 Å². The molecule has 0 spiro atoms. The van der Waals surface area contributed by atoms with E-state index in [0.29, 0.717) is 13.1 Å². The lowest BCUT2D eigenvalue weighted by Crippen LogP contribution is -2.48. The largest absolute Gasteiger partial charge is 0.478 e. The van der Waals surface area contributed by atoms with Gasteiger partial charge in [-0.1, -0.05) is 0 Å². The lowest BCUT2D eigenvalue weighted by Gasteiger charge is -2.36. The van der Waals surface area contributed by atoms with Crippen LogP contribution in [0.15, 0.2) is 23.1 Å². The zero-order valence-electron chi connectivity index (χ0n) is 12.8. The lowest BCUT2D eigenvalue weighted by atomic mass is 9.94. The van der Waals surface area contributed by atoms with Gasteiger partial charge in [-0.15, -0.1) is 0 Å². The number of benzene rings is 1. The zero-order valence-corrected chi connectivity index (χ0v) is 13.6. The van der Waals surface area contributed by atoms with Crippen LogP contribution in [0.4, 0.5) is 4.39 Å². The van der Waals surface area contributed by atoms with Gasteiger partial charge < -0.3 is 10.0 Å². The number of fused-ring (bicyclic) bond motifs is 1. The van der Waals surface area contributed by atoms with E-state index in [1.54, 1.807) is 0 Å². The number of piperidine rings is 1. The number of carboxylic acid groups (broad SMARTS) is 1. The highest BCUT2D eigenvalue weighted by Crippen LogP contribution is 2.34. The van der Waals surface area contributed by atoms with Gasteiger partial charge >= 0.3 is 5.97 Å². The van der Waals surface area contributed by atoms with Crippen molar-refractivity contribution in [3.8, 4) is 0 Å². The third-order valence-electron chi connectivity index (χ3n) is 4.64. The Bertz CT molecular complexity index is 737. The summed E-state index contributed by atoms with van der Waals surface area (Å²) in [6.45, 7) is 1.88. The molecule has 8 heteroatoms. The molecule has 126 valence electrons. The van der Waals surface area contributed by atoms with E-state index in [9.17, 15) is 17.6 Å². The molecule has 2 atom stereocenters. The summed E-state index contributed by atoms with van der Waals surface area (Å²) >= 11 is 0. The minimum absolute atomic E-state index is 0.129. The second-order valence-electron chi connectivity index (χ2n) is 6.29. The van der Waals surface area contributed by atoms with E-state index in [0.717, 1.165) is 37.6 Å². The van der Waals surface area contributed by atoms with E-state index in [-0.39, 0.29) is 22.4 Å². The van der Waals surface area contributed by atoms with Crippen LogP contribution >= 0.6 is 0 Å². The molecule has 0 aromatic heterocycles. The second kappa shape index (κ2) is 5.85. The van der Waals surface area contributed by atoms with Gasteiger partial charge in [0.2, 0.25) is 10.0 Å². The van der Waals surface area contributed by atoms with E-state index >= 15 is 0 Å². The minimum Gasteiger partial charge on any atom is -0.478 e. The Kier molecular flexibility index (Phi) is 4.16. The number of carboxylic acids is 1. The Morgan fingerprint density at radius 1 is 1.30 bits per heavy atom. The summed E-state index contributed by atoms with van der Waals surface area (Å²) in [6.07, 6.45) is 1.74. The quantitative estimate of drug-likeness (QED) is 0.894. The van der Waals surface area contributed by atoms with Gasteiger partial charge in [0.05, 0.1) is 10.5 Å². The van der Waals surface area contributed by atoms with Gasteiger partial charge in [-0.05, 0) is 44.0 Å². The first-order chi connectivity index (χ1) is 10.8. The minimum atomic E-state index is -3.91. The van der Waals surface area contributed by atoms with Crippen LogP contribution in [0.3, 0.4) is 0 Å². The molecule has 0 radical (unpaired) electrons. The number of likely N-dealkylation sites (N-methyl/N-ethyl adjacent to an activating group) is 1. The summed E-state index contributed by atoms with van der Waals surface area (Å²) in [5.41, 5.74) is -0.360. The Morgan fingerprint density at radius 3 is 2.74 bits per heavy atom. The Balaban J connectivity index is 1.99. The van der Waals surface area contributed by atoms with Crippen LogP contribution in [0.1, 0.15) is 23.2 Å². The molecule has 1 aromatic carbocycles. The van der Waals surface area contributed by atoms with Gasteiger partial charge in [0.1, 0.15) is 5.82 Å². The summed E-state index contributed by atoms with van der Waals surface area (Å²) in [6, 6.07) is 2.62. The SMILES string of the molecule is CN1C[C@@H]2CCCN(S(=O)(=O)c3cc(F)cc(C(=O)O)c3)[C@@H]2C1. The molecule has 1 N–H and O–H groups in total. The molecule has 6 nitrogen and oxygen atoms in total. The summed E-state index contributed by atoms with van der Waals surface area (Å²) in [7, 11) is -1.96. The summed E-state index contributed by atoms with van der Waals surface area (Å²) in [5, 5.41) is 9.01. The fourth-order valence-corrected chi connectivity index (χ4v) is 5.39. The van der Waals surface area contributed by atoms with Crippen LogP contribution in [0.5, 0.6) is 0 Å². The number of hydrogen-bond donors (Lipinski definition) is 1. The number of rotatable bonds is 3. The molecule has 2 aliphatic heterocycles. The molecule has 0 unspecified atom stereocenters. The van der Waals surface area contributed by atoms with Crippen LogP contribution in [0, 0.1) is 11.7 Å². The third-order valence-corrected chi connectivity index (χ3v) is 6.54. The number of hydrogen-bond acceptors (Lipinski definition) is 4. The average molecular weight is 342 g/mol. The van der Waals surface area contributed by atoms with Crippen LogP contribution in [-0.2, 0) is 10.0 Å². The summed E-state index contributed by atoms with van der Waals surface area (Å²) < 4.78 is 40.9. The molecular formula is C15H19FN2O4S. The topological polar surface area (TPSA) is 77.9 Å². The smallest absolute Gasteiger partial charge is 0.335 e. The first-order valence-corrected chi connectivity index (χ1v) is 8.97. The molecule has 3 rings (SSSR count). The van der Waals surface area contributed by atoms with E-state index in [4.69, 9.17) is 5.11 Å². The van der Waals surface area contributed by atoms with Crippen molar-refractivity contribution in [3.05, 3.63) is 29.6 Å². The third kappa shape index (κ3) is 2.98. The van der Waals surface area contributed by atoms with Gasteiger partial charge in [0.15, 0.2) is 0 Å². The molecule has 0 aliphatic carbocycles. The molecule has 0 bridgehead atoms. The van der Waals surface area contributed by atoms with Gasteiger partial charge in [-0.2, -0.15) is 4.31 Å².